The largest absolute Gasteiger partial charge is 0.379 e. The fourth-order valence-electron chi connectivity index (χ4n) is 3.35. The maximum atomic E-state index is 12.9. The summed E-state index contributed by atoms with van der Waals surface area (Å²) < 4.78 is 31.4. The summed E-state index contributed by atoms with van der Waals surface area (Å²) in [7, 11) is -4.11. The van der Waals surface area contributed by atoms with E-state index in [1.807, 2.05) is 0 Å². The van der Waals surface area contributed by atoms with E-state index in [0.717, 1.165) is 0 Å². The van der Waals surface area contributed by atoms with Gasteiger partial charge in [-0.2, -0.15) is 8.42 Å². The number of para-hydroxylation sites is 1. The Labute approximate surface area is 156 Å². The van der Waals surface area contributed by atoms with E-state index in [2.05, 4.69) is 10.3 Å². The quantitative estimate of drug-likeness (QED) is 0.663. The standard InChI is InChI=1S/C19H17N3O4S/c20-19(23)18-14-6-2-7-15(13(14)9-11-22-18)26-27(24,25)16-8-1-4-12-5-3-10-21-17(12)16/h1-8,10,18,22H,9,11H2,(H2,20,23). The predicted molar refractivity (Wildman–Crippen MR) is 99.6 cm³/mol. The summed E-state index contributed by atoms with van der Waals surface area (Å²) in [5.74, 6) is -0.317. The number of aromatic nitrogens is 1. The minimum Gasteiger partial charge on any atom is -0.379 e. The van der Waals surface area contributed by atoms with E-state index >= 15 is 0 Å². The molecule has 0 fully saturated rings. The molecule has 0 radical (unpaired) electrons. The van der Waals surface area contributed by atoms with Crippen molar-refractivity contribution in [1.82, 2.24) is 10.3 Å². The van der Waals surface area contributed by atoms with Crippen LogP contribution in [-0.2, 0) is 21.3 Å². The highest BCUT2D eigenvalue weighted by molar-refractivity contribution is 7.87. The molecule has 2 aromatic carbocycles. The number of nitrogens with zero attached hydrogens (tertiary/aromatic N) is 1. The molecule has 8 heteroatoms. The zero-order chi connectivity index (χ0) is 19.0. The molecule has 0 aliphatic carbocycles. The molecule has 7 nitrogen and oxygen atoms in total. The van der Waals surface area contributed by atoms with Gasteiger partial charge in [0.15, 0.2) is 0 Å². The van der Waals surface area contributed by atoms with Crippen molar-refractivity contribution in [3.63, 3.8) is 0 Å². The zero-order valence-corrected chi connectivity index (χ0v) is 15.1. The van der Waals surface area contributed by atoms with Crippen molar-refractivity contribution in [2.45, 2.75) is 17.4 Å². The molecule has 1 aromatic heterocycles. The smallest absolute Gasteiger partial charge is 0.341 e. The summed E-state index contributed by atoms with van der Waals surface area (Å²) in [6, 6.07) is 12.7. The first-order valence-corrected chi connectivity index (χ1v) is 9.81. The summed E-state index contributed by atoms with van der Waals surface area (Å²) in [5.41, 5.74) is 7.09. The fraction of sp³-hybridized carbons (Fsp3) is 0.158. The summed E-state index contributed by atoms with van der Waals surface area (Å²) in [5, 5.41) is 3.74. The average molecular weight is 383 g/mol. The molecular weight excluding hydrogens is 366 g/mol. The van der Waals surface area contributed by atoms with Crippen LogP contribution in [0.15, 0.2) is 59.6 Å². The minimum atomic E-state index is -4.11. The lowest BCUT2D eigenvalue weighted by atomic mass is 9.93. The van der Waals surface area contributed by atoms with Crippen LogP contribution in [0.1, 0.15) is 17.2 Å². The number of primary amides is 1. The highest BCUT2D eigenvalue weighted by Gasteiger charge is 2.28. The Balaban J connectivity index is 1.78. The number of benzene rings is 2. The molecule has 1 amide bonds. The van der Waals surface area contributed by atoms with E-state index in [0.29, 0.717) is 35.0 Å². The lowest BCUT2D eigenvalue weighted by Gasteiger charge is -2.26. The third kappa shape index (κ3) is 3.13. The van der Waals surface area contributed by atoms with Crippen LogP contribution in [0.2, 0.25) is 0 Å². The highest BCUT2D eigenvalue weighted by atomic mass is 32.2. The predicted octanol–water partition coefficient (Wildman–Crippen LogP) is 1.67. The van der Waals surface area contributed by atoms with E-state index in [4.69, 9.17) is 9.92 Å². The number of fused-ring (bicyclic) bond motifs is 2. The third-order valence-corrected chi connectivity index (χ3v) is 5.82. The molecule has 1 unspecified atom stereocenters. The van der Waals surface area contributed by atoms with Crippen LogP contribution < -0.4 is 15.2 Å². The minimum absolute atomic E-state index is 0.00131. The van der Waals surface area contributed by atoms with Gasteiger partial charge in [-0.15, -0.1) is 0 Å². The molecule has 0 saturated heterocycles. The number of nitrogens with two attached hydrogens (primary N) is 1. The topological polar surface area (TPSA) is 111 Å². The fourth-order valence-corrected chi connectivity index (χ4v) is 4.48. The summed E-state index contributed by atoms with van der Waals surface area (Å²) >= 11 is 0. The summed E-state index contributed by atoms with van der Waals surface area (Å²) in [6.07, 6.45) is 2.06. The van der Waals surface area contributed by atoms with Crippen molar-refractivity contribution >= 4 is 26.9 Å². The second-order valence-electron chi connectivity index (χ2n) is 6.23. The number of pyridine rings is 1. The second-order valence-corrected chi connectivity index (χ2v) is 7.75. The molecule has 4 rings (SSSR count). The van der Waals surface area contributed by atoms with Gasteiger partial charge in [-0.3, -0.25) is 9.78 Å². The van der Waals surface area contributed by atoms with Crippen molar-refractivity contribution in [3.8, 4) is 5.75 Å². The molecule has 138 valence electrons. The van der Waals surface area contributed by atoms with Crippen LogP contribution in [0.25, 0.3) is 10.9 Å². The molecule has 2 heterocycles. The Kier molecular flexibility index (Phi) is 4.29. The molecule has 0 saturated carbocycles. The number of carbonyl (C=O) groups is 1. The first-order chi connectivity index (χ1) is 13.0. The Bertz CT molecular complexity index is 1140. The van der Waals surface area contributed by atoms with Crippen molar-refractivity contribution in [2.75, 3.05) is 6.54 Å². The Hall–Kier alpha value is -2.97. The van der Waals surface area contributed by atoms with Gasteiger partial charge in [-0.05, 0) is 30.2 Å². The Morgan fingerprint density at radius 3 is 2.74 bits per heavy atom. The van der Waals surface area contributed by atoms with E-state index < -0.39 is 22.1 Å². The number of amides is 1. The number of hydrogen-bond donors (Lipinski definition) is 2. The van der Waals surface area contributed by atoms with E-state index in [9.17, 15) is 13.2 Å². The number of carbonyl (C=O) groups excluding carboxylic acids is 1. The molecule has 3 aromatic rings. The van der Waals surface area contributed by atoms with Gasteiger partial charge < -0.3 is 15.2 Å². The van der Waals surface area contributed by atoms with E-state index in [-0.39, 0.29) is 10.6 Å². The Morgan fingerprint density at radius 1 is 1.15 bits per heavy atom. The van der Waals surface area contributed by atoms with Gasteiger partial charge >= 0.3 is 10.1 Å². The van der Waals surface area contributed by atoms with E-state index in [1.165, 1.54) is 12.3 Å². The Morgan fingerprint density at radius 2 is 1.93 bits per heavy atom. The average Bonchev–Trinajstić information content (AvgIpc) is 2.67. The maximum absolute atomic E-state index is 12.9. The number of rotatable bonds is 4. The molecule has 0 bridgehead atoms. The second kappa shape index (κ2) is 6.64. The zero-order valence-electron chi connectivity index (χ0n) is 14.3. The van der Waals surface area contributed by atoms with E-state index in [1.54, 1.807) is 42.5 Å². The van der Waals surface area contributed by atoms with Gasteiger partial charge in [0.1, 0.15) is 16.7 Å². The first kappa shape index (κ1) is 17.4. The molecular formula is C19H17N3O4S. The molecule has 1 atom stereocenters. The lowest BCUT2D eigenvalue weighted by molar-refractivity contribution is -0.120. The van der Waals surface area contributed by atoms with Crippen molar-refractivity contribution in [1.29, 1.82) is 0 Å². The summed E-state index contributed by atoms with van der Waals surface area (Å²) in [6.45, 7) is 0.497. The van der Waals surface area contributed by atoms with Crippen LogP contribution in [0, 0.1) is 0 Å². The molecule has 1 aliphatic heterocycles. The van der Waals surface area contributed by atoms with Crippen LogP contribution in [-0.4, -0.2) is 25.9 Å². The molecule has 3 N–H and O–H groups in total. The van der Waals surface area contributed by atoms with Crippen molar-refractivity contribution < 1.29 is 17.4 Å². The van der Waals surface area contributed by atoms with Gasteiger partial charge in [0.2, 0.25) is 5.91 Å². The normalized spacial score (nSPS) is 16.7. The van der Waals surface area contributed by atoms with Crippen LogP contribution in [0.3, 0.4) is 0 Å². The number of nitrogens with one attached hydrogen (secondary N) is 1. The van der Waals surface area contributed by atoms with Gasteiger partial charge in [0.25, 0.3) is 0 Å². The van der Waals surface area contributed by atoms with Crippen molar-refractivity contribution in [2.24, 2.45) is 5.73 Å². The third-order valence-electron chi connectivity index (χ3n) is 4.55. The molecule has 0 spiro atoms. The van der Waals surface area contributed by atoms with Crippen LogP contribution in [0.4, 0.5) is 0 Å². The monoisotopic (exact) mass is 383 g/mol. The van der Waals surface area contributed by atoms with Crippen LogP contribution >= 0.6 is 0 Å². The molecule has 1 aliphatic rings. The highest BCUT2D eigenvalue weighted by Crippen LogP contribution is 2.33. The van der Waals surface area contributed by atoms with Gasteiger partial charge in [0.05, 0.1) is 5.52 Å². The summed E-state index contributed by atoms with van der Waals surface area (Å²) in [4.78, 5) is 15.9. The van der Waals surface area contributed by atoms with Crippen LogP contribution in [0.5, 0.6) is 5.75 Å². The molecule has 27 heavy (non-hydrogen) atoms. The maximum Gasteiger partial charge on any atom is 0.341 e. The number of hydrogen-bond acceptors (Lipinski definition) is 6. The van der Waals surface area contributed by atoms with Gasteiger partial charge in [-0.1, -0.05) is 30.3 Å². The van der Waals surface area contributed by atoms with Crippen molar-refractivity contribution in [3.05, 3.63) is 65.9 Å². The van der Waals surface area contributed by atoms with Gasteiger partial charge in [0, 0.05) is 23.7 Å². The first-order valence-electron chi connectivity index (χ1n) is 8.40. The SMILES string of the molecule is NC(=O)C1NCCc2c(OS(=O)(=O)c3cccc4cccnc34)cccc21. The van der Waals surface area contributed by atoms with Gasteiger partial charge in [-0.25, -0.2) is 0 Å². The lowest BCUT2D eigenvalue weighted by Crippen LogP contribution is -2.38.